The third kappa shape index (κ3) is 3.23. The molecule has 1 saturated carbocycles. The van der Waals surface area contributed by atoms with E-state index in [0.717, 1.165) is 16.6 Å². The van der Waals surface area contributed by atoms with Gasteiger partial charge < -0.3 is 10.0 Å². The maximum absolute atomic E-state index is 9.62. The number of aliphatic hydroxyl groups is 1. The van der Waals surface area contributed by atoms with Crippen LogP contribution in [0.15, 0.2) is 6.20 Å². The molecule has 1 N–H and O–H groups in total. The molecular weight excluding hydrogens is 244 g/mol. The molecule has 3 nitrogen and oxygen atoms in total. The first kappa shape index (κ1) is 13.8. The second-order valence-corrected chi connectivity index (χ2v) is 6.75. The van der Waals surface area contributed by atoms with E-state index in [2.05, 4.69) is 23.7 Å². The van der Waals surface area contributed by atoms with E-state index < -0.39 is 6.10 Å². The zero-order chi connectivity index (χ0) is 13.1. The molecule has 1 aromatic heterocycles. The highest BCUT2D eigenvalue weighted by molar-refractivity contribution is 7.15. The van der Waals surface area contributed by atoms with Crippen molar-refractivity contribution in [1.29, 1.82) is 0 Å². The second-order valence-electron chi connectivity index (χ2n) is 5.71. The van der Waals surface area contributed by atoms with Crippen molar-refractivity contribution in [1.82, 2.24) is 4.98 Å². The van der Waals surface area contributed by atoms with Gasteiger partial charge in [0.2, 0.25) is 0 Å². The molecule has 2 rings (SSSR count). The van der Waals surface area contributed by atoms with Gasteiger partial charge in [-0.2, -0.15) is 0 Å². The molecule has 18 heavy (non-hydrogen) atoms. The van der Waals surface area contributed by atoms with E-state index >= 15 is 0 Å². The third-order valence-electron chi connectivity index (χ3n) is 3.50. The Hall–Kier alpha value is -0.610. The number of rotatable bonds is 5. The molecule has 0 aromatic carbocycles. The third-order valence-corrected chi connectivity index (χ3v) is 4.70. The Kier molecular flexibility index (Phi) is 4.62. The lowest BCUT2D eigenvalue weighted by molar-refractivity contribution is 0.203. The van der Waals surface area contributed by atoms with Gasteiger partial charge in [0.15, 0.2) is 5.13 Å². The molecule has 102 valence electrons. The predicted octanol–water partition coefficient (Wildman–Crippen LogP) is 3.60. The van der Waals surface area contributed by atoms with E-state index in [9.17, 15) is 5.11 Å². The summed E-state index contributed by atoms with van der Waals surface area (Å²) in [5.41, 5.74) is 0. The van der Waals surface area contributed by atoms with Crippen molar-refractivity contribution < 1.29 is 5.11 Å². The number of hydrogen-bond donors (Lipinski definition) is 1. The highest BCUT2D eigenvalue weighted by Gasteiger charge is 2.25. The Balaban J connectivity index is 2.15. The van der Waals surface area contributed by atoms with Crippen LogP contribution in [0.25, 0.3) is 0 Å². The summed E-state index contributed by atoms with van der Waals surface area (Å²) in [4.78, 5) is 7.96. The summed E-state index contributed by atoms with van der Waals surface area (Å²) in [6, 6.07) is 0.653. The first-order valence-corrected chi connectivity index (χ1v) is 7.80. The zero-order valence-corrected chi connectivity index (χ0v) is 12.4. The lowest BCUT2D eigenvalue weighted by Gasteiger charge is -2.30. The van der Waals surface area contributed by atoms with Gasteiger partial charge >= 0.3 is 0 Å². The first-order valence-electron chi connectivity index (χ1n) is 6.98. The van der Waals surface area contributed by atoms with Gasteiger partial charge in [-0.3, -0.25) is 0 Å². The molecular formula is C14H24N2OS. The van der Waals surface area contributed by atoms with E-state index in [0.29, 0.717) is 12.0 Å². The highest BCUT2D eigenvalue weighted by Crippen LogP contribution is 2.33. The van der Waals surface area contributed by atoms with E-state index in [4.69, 9.17) is 0 Å². The maximum atomic E-state index is 9.62. The molecule has 0 bridgehead atoms. The number of aliphatic hydroxyl groups excluding tert-OH is 1. The molecule has 1 fully saturated rings. The summed E-state index contributed by atoms with van der Waals surface area (Å²) in [5.74, 6) is 0.643. The molecule has 1 unspecified atom stereocenters. The minimum absolute atomic E-state index is 0.402. The van der Waals surface area contributed by atoms with Gasteiger partial charge in [-0.05, 0) is 25.7 Å². The van der Waals surface area contributed by atoms with E-state index in [1.807, 2.05) is 6.20 Å². The van der Waals surface area contributed by atoms with Crippen LogP contribution in [0.2, 0.25) is 0 Å². The number of nitrogens with zero attached hydrogens (tertiary/aromatic N) is 2. The largest absolute Gasteiger partial charge is 0.388 e. The van der Waals surface area contributed by atoms with Crippen LogP contribution >= 0.6 is 11.3 Å². The minimum Gasteiger partial charge on any atom is -0.388 e. The van der Waals surface area contributed by atoms with Crippen molar-refractivity contribution in [3.05, 3.63) is 11.1 Å². The molecule has 0 saturated heterocycles. The van der Waals surface area contributed by atoms with Gasteiger partial charge in [-0.1, -0.05) is 38.0 Å². The Morgan fingerprint density at radius 1 is 1.39 bits per heavy atom. The fourth-order valence-electron chi connectivity index (χ4n) is 2.60. The molecule has 1 aliphatic rings. The van der Waals surface area contributed by atoms with Crippen LogP contribution < -0.4 is 4.90 Å². The van der Waals surface area contributed by atoms with Gasteiger partial charge in [-0.15, -0.1) is 0 Å². The summed E-state index contributed by atoms with van der Waals surface area (Å²) < 4.78 is 0. The van der Waals surface area contributed by atoms with Gasteiger partial charge in [-0.25, -0.2) is 4.98 Å². The number of thiazole rings is 1. The molecule has 0 aliphatic heterocycles. The fourth-order valence-corrected chi connectivity index (χ4v) is 3.53. The normalized spacial score (nSPS) is 18.5. The lowest BCUT2D eigenvalue weighted by Crippen LogP contribution is -2.36. The van der Waals surface area contributed by atoms with Crippen molar-refractivity contribution in [3.8, 4) is 0 Å². The van der Waals surface area contributed by atoms with E-state index in [-0.39, 0.29) is 0 Å². The smallest absolute Gasteiger partial charge is 0.185 e. The number of anilines is 1. The lowest BCUT2D eigenvalue weighted by atomic mass is 10.1. The van der Waals surface area contributed by atoms with Crippen LogP contribution in [0.4, 0.5) is 5.13 Å². The molecule has 1 aromatic rings. The molecule has 0 spiro atoms. The molecule has 1 heterocycles. The summed E-state index contributed by atoms with van der Waals surface area (Å²) >= 11 is 1.64. The summed E-state index contributed by atoms with van der Waals surface area (Å²) in [5, 5.41) is 10.7. The van der Waals surface area contributed by atoms with Gasteiger partial charge in [0, 0.05) is 18.8 Å². The standard InChI is InChI=1S/C14H24N2OS/c1-10(2)9-16(12-6-4-5-7-12)14-15-8-13(18-14)11(3)17/h8,10-12,17H,4-7,9H2,1-3H3. The fraction of sp³-hybridized carbons (Fsp3) is 0.786. The van der Waals surface area contributed by atoms with Crippen molar-refractivity contribution >= 4 is 16.5 Å². The van der Waals surface area contributed by atoms with Crippen LogP contribution in [-0.4, -0.2) is 22.7 Å². The second kappa shape index (κ2) is 6.02. The Bertz CT molecular complexity index is 370. The van der Waals surface area contributed by atoms with Gasteiger partial charge in [0.25, 0.3) is 0 Å². The van der Waals surface area contributed by atoms with Gasteiger partial charge in [0.1, 0.15) is 0 Å². The summed E-state index contributed by atoms with van der Waals surface area (Å²) in [7, 11) is 0. The topological polar surface area (TPSA) is 36.4 Å². The first-order chi connectivity index (χ1) is 8.58. The molecule has 1 atom stereocenters. The Morgan fingerprint density at radius 2 is 2.06 bits per heavy atom. The Labute approximate surface area is 114 Å². The number of hydrogen-bond acceptors (Lipinski definition) is 4. The van der Waals surface area contributed by atoms with Gasteiger partial charge in [0.05, 0.1) is 11.0 Å². The van der Waals surface area contributed by atoms with Crippen LogP contribution in [0.1, 0.15) is 57.4 Å². The minimum atomic E-state index is -0.402. The number of aromatic nitrogens is 1. The van der Waals surface area contributed by atoms with E-state index in [1.165, 1.54) is 25.7 Å². The monoisotopic (exact) mass is 268 g/mol. The molecule has 0 amide bonds. The van der Waals surface area contributed by atoms with Crippen LogP contribution in [0.3, 0.4) is 0 Å². The maximum Gasteiger partial charge on any atom is 0.185 e. The SMILES string of the molecule is CC(C)CN(c1ncc(C(C)O)s1)C1CCCC1. The Morgan fingerprint density at radius 3 is 2.56 bits per heavy atom. The van der Waals surface area contributed by atoms with Crippen molar-refractivity contribution in [2.24, 2.45) is 5.92 Å². The summed E-state index contributed by atoms with van der Waals surface area (Å²) in [6.45, 7) is 7.38. The average molecular weight is 268 g/mol. The van der Waals surface area contributed by atoms with Crippen LogP contribution in [0.5, 0.6) is 0 Å². The highest BCUT2D eigenvalue weighted by atomic mass is 32.1. The van der Waals surface area contributed by atoms with Crippen molar-refractivity contribution in [2.75, 3.05) is 11.4 Å². The van der Waals surface area contributed by atoms with Crippen molar-refractivity contribution in [3.63, 3.8) is 0 Å². The van der Waals surface area contributed by atoms with E-state index in [1.54, 1.807) is 18.3 Å². The quantitative estimate of drug-likeness (QED) is 0.886. The predicted molar refractivity (Wildman–Crippen MR) is 77.2 cm³/mol. The molecule has 4 heteroatoms. The van der Waals surface area contributed by atoms with Crippen LogP contribution in [0, 0.1) is 5.92 Å². The molecule has 0 radical (unpaired) electrons. The zero-order valence-electron chi connectivity index (χ0n) is 11.6. The molecule has 1 aliphatic carbocycles. The average Bonchev–Trinajstić information content (AvgIpc) is 2.97. The summed E-state index contributed by atoms with van der Waals surface area (Å²) in [6.07, 6.45) is 6.68. The van der Waals surface area contributed by atoms with Crippen LogP contribution in [-0.2, 0) is 0 Å². The van der Waals surface area contributed by atoms with Crippen molar-refractivity contribution in [2.45, 2.75) is 58.6 Å².